The third-order valence-electron chi connectivity index (χ3n) is 2.74. The Hall–Kier alpha value is -1.40. The molecular formula is C12H17NO4S. The van der Waals surface area contributed by atoms with E-state index in [9.17, 15) is 13.2 Å². The van der Waals surface area contributed by atoms with Crippen LogP contribution >= 0.6 is 0 Å². The van der Waals surface area contributed by atoms with Crippen molar-refractivity contribution in [2.75, 3.05) is 6.54 Å². The lowest BCUT2D eigenvalue weighted by molar-refractivity contribution is -0.136. The van der Waals surface area contributed by atoms with Crippen LogP contribution in [-0.4, -0.2) is 31.3 Å². The molecule has 0 aliphatic heterocycles. The Morgan fingerprint density at radius 1 is 1.28 bits per heavy atom. The molecular weight excluding hydrogens is 254 g/mol. The molecule has 0 aliphatic carbocycles. The van der Waals surface area contributed by atoms with Crippen molar-refractivity contribution in [1.82, 2.24) is 0 Å². The van der Waals surface area contributed by atoms with Gasteiger partial charge in [-0.05, 0) is 23.6 Å². The van der Waals surface area contributed by atoms with Gasteiger partial charge in [0, 0.05) is 6.54 Å². The van der Waals surface area contributed by atoms with Crippen molar-refractivity contribution in [2.45, 2.75) is 29.9 Å². The Bertz CT molecular complexity index is 520. The van der Waals surface area contributed by atoms with E-state index >= 15 is 0 Å². The number of sulfone groups is 1. The Morgan fingerprint density at radius 2 is 1.78 bits per heavy atom. The minimum atomic E-state index is -3.92. The smallest absolute Gasteiger partial charge is 0.323 e. The average molecular weight is 271 g/mol. The second kappa shape index (κ2) is 5.49. The Labute approximate surface area is 107 Å². The molecule has 100 valence electrons. The molecule has 0 heterocycles. The fourth-order valence-corrected chi connectivity index (χ4v) is 2.93. The highest BCUT2D eigenvalue weighted by molar-refractivity contribution is 7.92. The van der Waals surface area contributed by atoms with Crippen molar-refractivity contribution >= 4 is 15.8 Å². The molecule has 5 nitrogen and oxygen atoms in total. The van der Waals surface area contributed by atoms with Crippen molar-refractivity contribution in [3.8, 4) is 0 Å². The zero-order valence-corrected chi connectivity index (χ0v) is 11.1. The highest BCUT2D eigenvalue weighted by Gasteiger charge is 2.32. The lowest BCUT2D eigenvalue weighted by Gasteiger charge is -2.12. The lowest BCUT2D eigenvalue weighted by atomic mass is 10.0. The normalized spacial score (nSPS) is 13.6. The quantitative estimate of drug-likeness (QED) is 0.832. The molecule has 0 bridgehead atoms. The lowest BCUT2D eigenvalue weighted by Crippen LogP contribution is -2.37. The van der Waals surface area contributed by atoms with E-state index in [1.807, 2.05) is 13.8 Å². The van der Waals surface area contributed by atoms with Gasteiger partial charge in [-0.3, -0.25) is 4.79 Å². The minimum absolute atomic E-state index is 0.00949. The SMILES string of the molecule is CC(C)c1ccc(S(=O)(=O)C(CN)C(=O)O)cc1. The van der Waals surface area contributed by atoms with Gasteiger partial charge in [0.2, 0.25) is 0 Å². The molecule has 1 aromatic carbocycles. The van der Waals surface area contributed by atoms with Gasteiger partial charge in [-0.2, -0.15) is 0 Å². The zero-order chi connectivity index (χ0) is 13.9. The molecule has 0 aromatic heterocycles. The van der Waals surface area contributed by atoms with Gasteiger partial charge in [-0.25, -0.2) is 8.42 Å². The summed E-state index contributed by atoms with van der Waals surface area (Å²) < 4.78 is 24.1. The largest absolute Gasteiger partial charge is 0.480 e. The summed E-state index contributed by atoms with van der Waals surface area (Å²) in [5.74, 6) is -1.14. The minimum Gasteiger partial charge on any atom is -0.480 e. The van der Waals surface area contributed by atoms with Gasteiger partial charge in [-0.15, -0.1) is 0 Å². The molecule has 1 rings (SSSR count). The maximum atomic E-state index is 12.0. The van der Waals surface area contributed by atoms with Crippen LogP contribution < -0.4 is 5.73 Å². The van der Waals surface area contributed by atoms with E-state index in [0.717, 1.165) is 5.56 Å². The Morgan fingerprint density at radius 3 is 2.11 bits per heavy atom. The standard InChI is InChI=1S/C12H17NO4S/c1-8(2)9-3-5-10(6-4-9)18(16,17)11(7-13)12(14)15/h3-6,8,11H,7,13H2,1-2H3,(H,14,15). The van der Waals surface area contributed by atoms with E-state index in [1.165, 1.54) is 12.1 Å². The molecule has 6 heteroatoms. The van der Waals surface area contributed by atoms with Crippen LogP contribution in [0.5, 0.6) is 0 Å². The Kier molecular flexibility index (Phi) is 4.48. The van der Waals surface area contributed by atoms with Crippen LogP contribution in [0.3, 0.4) is 0 Å². The number of aliphatic carboxylic acids is 1. The predicted molar refractivity (Wildman–Crippen MR) is 68.2 cm³/mol. The highest BCUT2D eigenvalue weighted by atomic mass is 32.2. The fourth-order valence-electron chi connectivity index (χ4n) is 1.57. The van der Waals surface area contributed by atoms with Gasteiger partial charge in [0.15, 0.2) is 15.1 Å². The summed E-state index contributed by atoms with van der Waals surface area (Å²) in [6.45, 7) is 3.54. The molecule has 0 spiro atoms. The summed E-state index contributed by atoms with van der Waals surface area (Å²) in [5.41, 5.74) is 6.21. The summed E-state index contributed by atoms with van der Waals surface area (Å²) in [5, 5.41) is 7.26. The van der Waals surface area contributed by atoms with E-state index in [1.54, 1.807) is 12.1 Å². The van der Waals surface area contributed by atoms with E-state index < -0.39 is 27.6 Å². The molecule has 0 saturated carbocycles. The monoisotopic (exact) mass is 271 g/mol. The number of carbonyl (C=O) groups is 1. The van der Waals surface area contributed by atoms with Gasteiger partial charge in [0.05, 0.1) is 4.90 Å². The molecule has 0 fully saturated rings. The number of nitrogens with two attached hydrogens (primary N) is 1. The topological polar surface area (TPSA) is 97.5 Å². The van der Waals surface area contributed by atoms with Crippen LogP contribution in [0.25, 0.3) is 0 Å². The second-order valence-electron chi connectivity index (χ2n) is 4.33. The van der Waals surface area contributed by atoms with Crippen LogP contribution in [0, 0.1) is 0 Å². The van der Waals surface area contributed by atoms with E-state index in [4.69, 9.17) is 10.8 Å². The van der Waals surface area contributed by atoms with E-state index in [2.05, 4.69) is 0 Å². The first-order valence-electron chi connectivity index (χ1n) is 5.57. The van der Waals surface area contributed by atoms with Crippen molar-refractivity contribution < 1.29 is 18.3 Å². The van der Waals surface area contributed by atoms with E-state index in [-0.39, 0.29) is 10.8 Å². The first kappa shape index (κ1) is 14.7. The summed E-state index contributed by atoms with van der Waals surface area (Å²) in [7, 11) is -3.92. The summed E-state index contributed by atoms with van der Waals surface area (Å²) >= 11 is 0. The van der Waals surface area contributed by atoms with Gasteiger partial charge in [0.25, 0.3) is 0 Å². The van der Waals surface area contributed by atoms with Gasteiger partial charge in [0.1, 0.15) is 0 Å². The number of hydrogen-bond donors (Lipinski definition) is 2. The van der Waals surface area contributed by atoms with Crippen LogP contribution in [-0.2, 0) is 14.6 Å². The number of hydrogen-bond acceptors (Lipinski definition) is 4. The van der Waals surface area contributed by atoms with Crippen molar-refractivity contribution in [3.63, 3.8) is 0 Å². The Balaban J connectivity index is 3.16. The maximum Gasteiger partial charge on any atom is 0.323 e. The molecule has 0 amide bonds. The van der Waals surface area contributed by atoms with Crippen LogP contribution in [0.1, 0.15) is 25.3 Å². The number of carboxylic acid groups (broad SMARTS) is 1. The summed E-state index contributed by atoms with van der Waals surface area (Å²) in [6.07, 6.45) is 0. The maximum absolute atomic E-state index is 12.0. The first-order valence-corrected chi connectivity index (χ1v) is 7.12. The average Bonchev–Trinajstić information content (AvgIpc) is 2.29. The number of benzene rings is 1. The second-order valence-corrected chi connectivity index (χ2v) is 6.46. The molecule has 18 heavy (non-hydrogen) atoms. The molecule has 1 unspecified atom stereocenters. The highest BCUT2D eigenvalue weighted by Crippen LogP contribution is 2.20. The van der Waals surface area contributed by atoms with Crippen molar-refractivity contribution in [3.05, 3.63) is 29.8 Å². The molecule has 0 radical (unpaired) electrons. The molecule has 3 N–H and O–H groups in total. The summed E-state index contributed by atoms with van der Waals surface area (Å²) in [6, 6.07) is 6.23. The van der Waals surface area contributed by atoms with Gasteiger partial charge < -0.3 is 10.8 Å². The van der Waals surface area contributed by atoms with Gasteiger partial charge in [-0.1, -0.05) is 26.0 Å². The molecule has 0 saturated heterocycles. The summed E-state index contributed by atoms with van der Waals surface area (Å²) in [4.78, 5) is 10.9. The third-order valence-corrected chi connectivity index (χ3v) is 4.81. The molecule has 0 aliphatic rings. The van der Waals surface area contributed by atoms with Crippen LogP contribution in [0.2, 0.25) is 0 Å². The fraction of sp³-hybridized carbons (Fsp3) is 0.417. The zero-order valence-electron chi connectivity index (χ0n) is 10.3. The van der Waals surface area contributed by atoms with Gasteiger partial charge >= 0.3 is 5.97 Å². The third kappa shape index (κ3) is 2.88. The van der Waals surface area contributed by atoms with Crippen molar-refractivity contribution in [2.24, 2.45) is 5.73 Å². The number of carboxylic acids is 1. The van der Waals surface area contributed by atoms with Crippen LogP contribution in [0.15, 0.2) is 29.2 Å². The first-order chi connectivity index (χ1) is 8.30. The van der Waals surface area contributed by atoms with Crippen molar-refractivity contribution in [1.29, 1.82) is 0 Å². The molecule has 1 atom stereocenters. The van der Waals surface area contributed by atoms with E-state index in [0.29, 0.717) is 0 Å². The number of rotatable bonds is 5. The van der Waals surface area contributed by atoms with Crippen LogP contribution in [0.4, 0.5) is 0 Å². The predicted octanol–water partition coefficient (Wildman–Crippen LogP) is 0.996. The molecule has 1 aromatic rings.